The van der Waals surface area contributed by atoms with Gasteiger partial charge in [-0.15, -0.1) is 0 Å². The first-order chi connectivity index (χ1) is 12.5. The van der Waals surface area contributed by atoms with Gasteiger partial charge in [0, 0.05) is 25.2 Å². The highest BCUT2D eigenvalue weighted by molar-refractivity contribution is 5.49. The summed E-state index contributed by atoms with van der Waals surface area (Å²) in [6.07, 6.45) is -2.65. The molecule has 0 radical (unpaired) electrons. The number of nitrogens with one attached hydrogen (secondary N) is 1. The number of hydrogen-bond acceptors (Lipinski definition) is 5. The fourth-order valence-electron chi connectivity index (χ4n) is 2.62. The third kappa shape index (κ3) is 5.26. The zero-order valence-corrected chi connectivity index (χ0v) is 14.1. The number of halogens is 3. The maximum absolute atomic E-state index is 12.4. The number of aromatic nitrogens is 1. The minimum Gasteiger partial charge on any atom is -0.484 e. The minimum absolute atomic E-state index is 0.218. The predicted octanol–water partition coefficient (Wildman–Crippen LogP) is 3.47. The maximum atomic E-state index is 12.4. The van der Waals surface area contributed by atoms with E-state index in [0.29, 0.717) is 25.3 Å². The molecule has 1 aromatic carbocycles. The molecule has 0 amide bonds. The monoisotopic (exact) mass is 367 g/mol. The second-order valence-corrected chi connectivity index (χ2v) is 5.87. The summed E-state index contributed by atoms with van der Waals surface area (Å²) < 4.78 is 47.3. The Balaban J connectivity index is 1.58. The largest absolute Gasteiger partial charge is 0.484 e. The van der Waals surface area contributed by atoms with Crippen molar-refractivity contribution in [2.45, 2.75) is 12.7 Å². The Kier molecular flexibility index (Phi) is 5.82. The highest BCUT2D eigenvalue weighted by Crippen LogP contribution is 2.23. The number of morpholine rings is 1. The normalized spacial score (nSPS) is 15.0. The zero-order chi connectivity index (χ0) is 18.4. The van der Waals surface area contributed by atoms with Gasteiger partial charge in [0.1, 0.15) is 11.6 Å². The fourth-order valence-corrected chi connectivity index (χ4v) is 2.62. The molecule has 1 aromatic heterocycles. The molecule has 0 saturated carbocycles. The van der Waals surface area contributed by atoms with Crippen molar-refractivity contribution in [2.24, 2.45) is 0 Å². The zero-order valence-electron chi connectivity index (χ0n) is 14.1. The van der Waals surface area contributed by atoms with Crippen LogP contribution in [0.4, 0.5) is 24.7 Å². The molecule has 1 aliphatic rings. The molecule has 5 nitrogen and oxygen atoms in total. The summed E-state index contributed by atoms with van der Waals surface area (Å²) in [4.78, 5) is 6.58. The van der Waals surface area contributed by atoms with E-state index in [0.717, 1.165) is 24.6 Å². The standard InChI is InChI=1S/C18H20F3N3O2/c19-18(20,21)13-26-16-4-2-1-3-14(16)11-22-15-5-6-17(23-12-15)24-7-9-25-10-8-24/h1-6,12,22H,7-11,13H2. The first-order valence-corrected chi connectivity index (χ1v) is 8.31. The molecule has 2 heterocycles. The van der Waals surface area contributed by atoms with Gasteiger partial charge >= 0.3 is 6.18 Å². The second-order valence-electron chi connectivity index (χ2n) is 5.87. The van der Waals surface area contributed by atoms with Crippen molar-refractivity contribution >= 4 is 11.5 Å². The smallest absolute Gasteiger partial charge is 0.422 e. The quantitative estimate of drug-likeness (QED) is 0.847. The van der Waals surface area contributed by atoms with Crippen LogP contribution in [0.1, 0.15) is 5.56 Å². The Bertz CT molecular complexity index is 702. The van der Waals surface area contributed by atoms with Crippen LogP contribution < -0.4 is 15.0 Å². The summed E-state index contributed by atoms with van der Waals surface area (Å²) in [5, 5.41) is 3.16. The van der Waals surface area contributed by atoms with E-state index in [4.69, 9.17) is 9.47 Å². The second kappa shape index (κ2) is 8.27. The van der Waals surface area contributed by atoms with Crippen LogP contribution >= 0.6 is 0 Å². The van der Waals surface area contributed by atoms with Crippen molar-refractivity contribution in [3.63, 3.8) is 0 Å². The van der Waals surface area contributed by atoms with Crippen LogP contribution in [0.25, 0.3) is 0 Å². The van der Waals surface area contributed by atoms with E-state index in [9.17, 15) is 13.2 Å². The average molecular weight is 367 g/mol. The van der Waals surface area contributed by atoms with Gasteiger partial charge in [0.25, 0.3) is 0 Å². The van der Waals surface area contributed by atoms with Crippen molar-refractivity contribution < 1.29 is 22.6 Å². The van der Waals surface area contributed by atoms with Crippen molar-refractivity contribution in [1.29, 1.82) is 0 Å². The van der Waals surface area contributed by atoms with Crippen LogP contribution in [-0.2, 0) is 11.3 Å². The average Bonchev–Trinajstić information content (AvgIpc) is 2.66. The molecule has 0 bridgehead atoms. The Hall–Kier alpha value is -2.48. The number of benzene rings is 1. The van der Waals surface area contributed by atoms with Crippen LogP contribution in [0.2, 0.25) is 0 Å². The highest BCUT2D eigenvalue weighted by Gasteiger charge is 2.28. The third-order valence-electron chi connectivity index (χ3n) is 3.93. The molecular formula is C18H20F3N3O2. The number of ether oxygens (including phenoxy) is 2. The van der Waals surface area contributed by atoms with Crippen molar-refractivity contribution in [3.05, 3.63) is 48.2 Å². The van der Waals surface area contributed by atoms with Gasteiger partial charge in [-0.2, -0.15) is 13.2 Å². The summed E-state index contributed by atoms with van der Waals surface area (Å²) in [5.41, 5.74) is 1.43. The van der Waals surface area contributed by atoms with Gasteiger partial charge < -0.3 is 19.7 Å². The van der Waals surface area contributed by atoms with Gasteiger partial charge in [-0.1, -0.05) is 18.2 Å². The molecule has 8 heteroatoms. The van der Waals surface area contributed by atoms with Gasteiger partial charge in [-0.05, 0) is 18.2 Å². The molecule has 3 rings (SSSR count). The molecule has 1 saturated heterocycles. The summed E-state index contributed by atoms with van der Waals surface area (Å²) in [6, 6.07) is 10.5. The van der Waals surface area contributed by atoms with Gasteiger partial charge in [-0.25, -0.2) is 4.98 Å². The SMILES string of the molecule is FC(F)(F)COc1ccccc1CNc1ccc(N2CCOCC2)nc1. The number of hydrogen-bond donors (Lipinski definition) is 1. The molecule has 1 fully saturated rings. The molecule has 2 aromatic rings. The molecule has 0 spiro atoms. The number of anilines is 2. The van der Waals surface area contributed by atoms with E-state index >= 15 is 0 Å². The first kappa shape index (κ1) is 18.3. The Morgan fingerprint density at radius 1 is 1.12 bits per heavy atom. The van der Waals surface area contributed by atoms with Crippen LogP contribution in [0.5, 0.6) is 5.75 Å². The van der Waals surface area contributed by atoms with Crippen molar-refractivity contribution in [2.75, 3.05) is 43.1 Å². The predicted molar refractivity (Wildman–Crippen MR) is 92.6 cm³/mol. The fraction of sp³-hybridized carbons (Fsp3) is 0.389. The van der Waals surface area contributed by atoms with Gasteiger partial charge in [0.05, 0.1) is 25.1 Å². The lowest BCUT2D eigenvalue weighted by molar-refractivity contribution is -0.153. The molecule has 0 aliphatic carbocycles. The summed E-state index contributed by atoms with van der Waals surface area (Å²) >= 11 is 0. The lowest BCUT2D eigenvalue weighted by atomic mass is 10.2. The lowest BCUT2D eigenvalue weighted by Crippen LogP contribution is -2.36. The Morgan fingerprint density at radius 3 is 2.58 bits per heavy atom. The first-order valence-electron chi connectivity index (χ1n) is 8.31. The maximum Gasteiger partial charge on any atom is 0.422 e. The molecule has 140 valence electrons. The summed E-state index contributed by atoms with van der Waals surface area (Å²) in [6.45, 7) is 2.03. The Morgan fingerprint density at radius 2 is 1.88 bits per heavy atom. The molecule has 26 heavy (non-hydrogen) atoms. The van der Waals surface area contributed by atoms with Crippen molar-refractivity contribution in [1.82, 2.24) is 4.98 Å². The van der Waals surface area contributed by atoms with Gasteiger partial charge in [0.2, 0.25) is 0 Å². The van der Waals surface area contributed by atoms with Gasteiger partial charge in [-0.3, -0.25) is 0 Å². The van der Waals surface area contributed by atoms with E-state index < -0.39 is 12.8 Å². The topological polar surface area (TPSA) is 46.6 Å². The van der Waals surface area contributed by atoms with Gasteiger partial charge in [0.15, 0.2) is 6.61 Å². The van der Waals surface area contributed by atoms with E-state index in [1.807, 2.05) is 12.1 Å². The lowest BCUT2D eigenvalue weighted by Gasteiger charge is -2.27. The number of rotatable bonds is 6. The van der Waals surface area contributed by atoms with Crippen LogP contribution in [0.3, 0.4) is 0 Å². The van der Waals surface area contributed by atoms with E-state index in [2.05, 4.69) is 15.2 Å². The molecule has 1 aliphatic heterocycles. The Labute approximate surface area is 149 Å². The number of nitrogens with zero attached hydrogens (tertiary/aromatic N) is 2. The van der Waals surface area contributed by atoms with Crippen LogP contribution in [-0.4, -0.2) is 44.1 Å². The molecular weight excluding hydrogens is 347 g/mol. The van der Waals surface area contributed by atoms with E-state index in [-0.39, 0.29) is 5.75 Å². The highest BCUT2D eigenvalue weighted by atomic mass is 19.4. The van der Waals surface area contributed by atoms with E-state index in [1.54, 1.807) is 24.4 Å². The third-order valence-corrected chi connectivity index (χ3v) is 3.93. The van der Waals surface area contributed by atoms with Crippen LogP contribution in [0, 0.1) is 0 Å². The van der Waals surface area contributed by atoms with Crippen molar-refractivity contribution in [3.8, 4) is 5.75 Å². The summed E-state index contributed by atoms with van der Waals surface area (Å²) in [5.74, 6) is 1.10. The number of para-hydroxylation sites is 1. The molecule has 0 atom stereocenters. The summed E-state index contributed by atoms with van der Waals surface area (Å²) in [7, 11) is 0. The minimum atomic E-state index is -4.36. The molecule has 0 unspecified atom stereocenters. The number of alkyl halides is 3. The van der Waals surface area contributed by atoms with Crippen LogP contribution in [0.15, 0.2) is 42.6 Å². The molecule has 1 N–H and O–H groups in total. The van der Waals surface area contributed by atoms with E-state index in [1.165, 1.54) is 6.07 Å². The number of pyridine rings is 1.